The normalized spacial score (nSPS) is 19.7. The van der Waals surface area contributed by atoms with Crippen LogP contribution in [0, 0.1) is 0 Å². The van der Waals surface area contributed by atoms with Crippen molar-refractivity contribution in [3.8, 4) is 5.75 Å². The molecule has 2 aromatic rings. The highest BCUT2D eigenvalue weighted by Crippen LogP contribution is 2.26. The Morgan fingerprint density at radius 3 is 1.77 bits per heavy atom. The van der Waals surface area contributed by atoms with Gasteiger partial charge in [-0.2, -0.15) is 0 Å². The predicted octanol–water partition coefficient (Wildman–Crippen LogP) is 4.82. The summed E-state index contributed by atoms with van der Waals surface area (Å²) < 4.78 is 5.82. The van der Waals surface area contributed by atoms with Gasteiger partial charge in [-0.15, -0.1) is 11.8 Å². The zero-order valence-electron chi connectivity index (χ0n) is 19.0. The standard InChI is InChI=1S/C25H26N2O5S3/c28-22-20(34-24(30)26-22)14-16-4-8-18(9-5-16)32-12-2-1-3-13-33-19-10-6-17(7-11-19)15-21-23(29)27-25(31)35-21/h4-11,20-21H,1-3,12-15H2,(H,26,28,30)(H,27,29,31). The summed E-state index contributed by atoms with van der Waals surface area (Å²) in [5, 5.41) is 3.42. The first-order valence-corrected chi connectivity index (χ1v) is 14.2. The third-order valence-corrected chi connectivity index (χ3v) is 8.61. The van der Waals surface area contributed by atoms with E-state index in [0.717, 1.165) is 65.4 Å². The number of amides is 4. The number of ether oxygens (including phenoxy) is 1. The molecule has 2 aliphatic rings. The Bertz CT molecular complexity index is 990. The minimum Gasteiger partial charge on any atom is -0.494 e. The number of thioether (sulfide) groups is 3. The molecule has 0 saturated carbocycles. The maximum absolute atomic E-state index is 11.7. The molecule has 2 aromatic carbocycles. The molecule has 2 N–H and O–H groups in total. The van der Waals surface area contributed by atoms with Crippen molar-refractivity contribution >= 4 is 57.6 Å². The van der Waals surface area contributed by atoms with Crippen LogP contribution in [0.3, 0.4) is 0 Å². The van der Waals surface area contributed by atoms with Crippen molar-refractivity contribution in [1.82, 2.24) is 10.6 Å². The predicted molar refractivity (Wildman–Crippen MR) is 140 cm³/mol. The van der Waals surface area contributed by atoms with Crippen LogP contribution in [0.1, 0.15) is 30.4 Å². The summed E-state index contributed by atoms with van der Waals surface area (Å²) in [5.74, 6) is 1.41. The van der Waals surface area contributed by atoms with Crippen molar-refractivity contribution in [2.45, 2.75) is 47.5 Å². The molecule has 4 amide bonds. The third-order valence-electron chi connectivity index (χ3n) is 5.55. The van der Waals surface area contributed by atoms with Crippen molar-refractivity contribution in [3.05, 3.63) is 59.7 Å². The zero-order chi connectivity index (χ0) is 24.6. The largest absolute Gasteiger partial charge is 0.494 e. The second-order valence-corrected chi connectivity index (χ2v) is 11.7. The average molecular weight is 531 g/mol. The molecule has 4 rings (SSSR count). The summed E-state index contributed by atoms with van der Waals surface area (Å²) >= 11 is 3.92. The molecule has 7 nitrogen and oxygen atoms in total. The first kappa shape index (κ1) is 25.7. The molecule has 0 aliphatic carbocycles. The van der Waals surface area contributed by atoms with E-state index in [2.05, 4.69) is 22.8 Å². The molecule has 0 radical (unpaired) electrons. The van der Waals surface area contributed by atoms with E-state index in [4.69, 9.17) is 4.74 Å². The van der Waals surface area contributed by atoms with E-state index < -0.39 is 0 Å². The second kappa shape index (κ2) is 12.5. The van der Waals surface area contributed by atoms with Crippen molar-refractivity contribution in [3.63, 3.8) is 0 Å². The van der Waals surface area contributed by atoms with Crippen LogP contribution in [0.4, 0.5) is 9.59 Å². The number of carbonyl (C=O) groups is 4. The fourth-order valence-corrected chi connectivity index (χ4v) is 6.32. The molecule has 2 saturated heterocycles. The maximum Gasteiger partial charge on any atom is 0.286 e. The number of hydrogen-bond acceptors (Lipinski definition) is 8. The quantitative estimate of drug-likeness (QED) is 0.298. The lowest BCUT2D eigenvalue weighted by Crippen LogP contribution is -2.25. The van der Waals surface area contributed by atoms with Gasteiger partial charge in [0.25, 0.3) is 10.5 Å². The van der Waals surface area contributed by atoms with Crippen LogP contribution in [0.25, 0.3) is 0 Å². The van der Waals surface area contributed by atoms with E-state index in [1.165, 1.54) is 4.90 Å². The molecule has 2 atom stereocenters. The topological polar surface area (TPSA) is 102 Å². The van der Waals surface area contributed by atoms with Gasteiger partial charge in [0.2, 0.25) is 11.8 Å². The number of rotatable bonds is 12. The van der Waals surface area contributed by atoms with Gasteiger partial charge in [-0.3, -0.25) is 29.8 Å². The molecule has 0 bridgehead atoms. The second-order valence-electron chi connectivity index (χ2n) is 8.22. The zero-order valence-corrected chi connectivity index (χ0v) is 21.4. The molecule has 0 spiro atoms. The summed E-state index contributed by atoms with van der Waals surface area (Å²) in [4.78, 5) is 47.1. The van der Waals surface area contributed by atoms with E-state index in [1.54, 1.807) is 0 Å². The number of unbranched alkanes of at least 4 members (excludes halogenated alkanes) is 2. The first-order valence-electron chi connectivity index (χ1n) is 11.4. The van der Waals surface area contributed by atoms with Crippen LogP contribution < -0.4 is 15.4 Å². The Balaban J connectivity index is 1.07. The fraction of sp³-hybridized carbons (Fsp3) is 0.360. The summed E-state index contributed by atoms with van der Waals surface area (Å²) in [7, 11) is 0. The maximum atomic E-state index is 11.7. The van der Waals surface area contributed by atoms with Gasteiger partial charge in [-0.1, -0.05) is 47.8 Å². The highest BCUT2D eigenvalue weighted by molar-refractivity contribution is 8.15. The molecule has 10 heteroatoms. The molecule has 2 aliphatic heterocycles. The first-order chi connectivity index (χ1) is 17.0. The van der Waals surface area contributed by atoms with Crippen molar-refractivity contribution < 1.29 is 23.9 Å². The van der Waals surface area contributed by atoms with E-state index in [1.807, 2.05) is 48.2 Å². The number of benzene rings is 2. The molecule has 2 heterocycles. The minimum atomic E-state index is -0.351. The van der Waals surface area contributed by atoms with Gasteiger partial charge in [-0.05, 0) is 73.2 Å². The van der Waals surface area contributed by atoms with E-state index in [0.29, 0.717) is 19.4 Å². The van der Waals surface area contributed by atoms with Crippen molar-refractivity contribution in [2.75, 3.05) is 12.4 Å². The van der Waals surface area contributed by atoms with Crippen LogP contribution in [0.5, 0.6) is 5.75 Å². The Labute approximate surface area is 216 Å². The molecule has 0 aromatic heterocycles. The van der Waals surface area contributed by atoms with Gasteiger partial charge < -0.3 is 4.74 Å². The van der Waals surface area contributed by atoms with Crippen LogP contribution in [-0.4, -0.2) is 45.2 Å². The number of hydrogen-bond donors (Lipinski definition) is 2. The Hall–Kier alpha value is -2.43. The summed E-state index contributed by atoms with van der Waals surface area (Å²) in [6.45, 7) is 0.656. The highest BCUT2D eigenvalue weighted by atomic mass is 32.2. The van der Waals surface area contributed by atoms with E-state index in [-0.39, 0.29) is 32.8 Å². The monoisotopic (exact) mass is 530 g/mol. The molecule has 2 unspecified atom stereocenters. The van der Waals surface area contributed by atoms with Crippen LogP contribution in [-0.2, 0) is 22.4 Å². The van der Waals surface area contributed by atoms with E-state index in [9.17, 15) is 19.2 Å². The lowest BCUT2D eigenvalue weighted by Gasteiger charge is -2.09. The van der Waals surface area contributed by atoms with Crippen LogP contribution >= 0.6 is 35.3 Å². The smallest absolute Gasteiger partial charge is 0.286 e. The van der Waals surface area contributed by atoms with Gasteiger partial charge in [0.05, 0.1) is 17.1 Å². The lowest BCUT2D eigenvalue weighted by atomic mass is 10.1. The van der Waals surface area contributed by atoms with E-state index >= 15 is 0 Å². The molecule has 184 valence electrons. The molecular formula is C25H26N2O5S3. The Kier molecular flexibility index (Phi) is 9.17. The SMILES string of the molecule is O=C1NC(=O)C(Cc2ccc(OCCCCCSc3ccc(CC4SC(=O)NC4=O)cc3)cc2)S1. The summed E-state index contributed by atoms with van der Waals surface area (Å²) in [6, 6.07) is 15.9. The Morgan fingerprint density at radius 1 is 0.714 bits per heavy atom. The Morgan fingerprint density at radius 2 is 1.26 bits per heavy atom. The lowest BCUT2D eigenvalue weighted by molar-refractivity contribution is -0.119. The average Bonchev–Trinajstić information content (AvgIpc) is 3.33. The van der Waals surface area contributed by atoms with Gasteiger partial charge in [0, 0.05) is 4.90 Å². The summed E-state index contributed by atoms with van der Waals surface area (Å²) in [6.07, 6.45) is 4.24. The van der Waals surface area contributed by atoms with Crippen molar-refractivity contribution in [1.29, 1.82) is 0 Å². The highest BCUT2D eigenvalue weighted by Gasteiger charge is 2.32. The van der Waals surface area contributed by atoms with Gasteiger partial charge in [-0.25, -0.2) is 0 Å². The molecular weight excluding hydrogens is 504 g/mol. The van der Waals surface area contributed by atoms with Gasteiger partial charge in [0.15, 0.2) is 0 Å². The summed E-state index contributed by atoms with van der Waals surface area (Å²) in [5.41, 5.74) is 2.06. The van der Waals surface area contributed by atoms with Crippen LogP contribution in [0.2, 0.25) is 0 Å². The van der Waals surface area contributed by atoms with Crippen LogP contribution in [0.15, 0.2) is 53.4 Å². The molecule has 35 heavy (non-hydrogen) atoms. The molecule has 2 fully saturated rings. The third kappa shape index (κ3) is 7.78. The fourth-order valence-electron chi connectivity index (χ4n) is 3.69. The van der Waals surface area contributed by atoms with Gasteiger partial charge in [0.1, 0.15) is 5.75 Å². The number of nitrogens with one attached hydrogen (secondary N) is 2. The minimum absolute atomic E-state index is 0.202. The number of imide groups is 2. The van der Waals surface area contributed by atoms with Gasteiger partial charge >= 0.3 is 0 Å². The number of carbonyl (C=O) groups excluding carboxylic acids is 4. The van der Waals surface area contributed by atoms with Crippen molar-refractivity contribution in [2.24, 2.45) is 0 Å².